The van der Waals surface area contributed by atoms with Crippen LogP contribution in [0, 0.1) is 0 Å². The van der Waals surface area contributed by atoms with E-state index in [1.807, 2.05) is 12.4 Å². The first kappa shape index (κ1) is 7.86. The molecule has 12 heavy (non-hydrogen) atoms. The zero-order valence-corrected chi connectivity index (χ0v) is 7.67. The van der Waals surface area contributed by atoms with Gasteiger partial charge >= 0.3 is 0 Å². The van der Waals surface area contributed by atoms with Gasteiger partial charge in [-0.05, 0) is 0 Å². The number of hydrogen-bond donors (Lipinski definition) is 0. The van der Waals surface area contributed by atoms with Gasteiger partial charge in [-0.25, -0.2) is 4.98 Å². The normalized spacial score (nSPS) is 20.9. The van der Waals surface area contributed by atoms with Crippen LogP contribution < -0.4 is 0 Å². The maximum Gasteiger partial charge on any atom is 0.186 e. The molecular formula is C8H10N2OS. The van der Waals surface area contributed by atoms with Crippen LogP contribution >= 0.6 is 11.8 Å². The van der Waals surface area contributed by atoms with Crippen LogP contribution in [0.1, 0.15) is 12.7 Å². The predicted molar refractivity (Wildman–Crippen MR) is 48.0 cm³/mol. The Morgan fingerprint density at radius 1 is 1.83 bits per heavy atom. The lowest BCUT2D eigenvalue weighted by Crippen LogP contribution is -2.06. The smallest absolute Gasteiger partial charge is 0.186 e. The molecule has 0 spiro atoms. The summed E-state index contributed by atoms with van der Waals surface area (Å²) >= 11 is 1.42. The number of carbonyl (C=O) groups is 1. The molecule has 0 aromatic carbocycles. The molecule has 0 unspecified atom stereocenters. The van der Waals surface area contributed by atoms with E-state index in [1.165, 1.54) is 11.8 Å². The fraction of sp³-hybridized carbons (Fsp3) is 0.500. The summed E-state index contributed by atoms with van der Waals surface area (Å²) in [5.74, 6) is 1.11. The lowest BCUT2D eigenvalue weighted by atomic mass is 10.3. The van der Waals surface area contributed by atoms with Crippen molar-refractivity contribution in [3.8, 4) is 0 Å². The fourth-order valence-corrected chi connectivity index (χ4v) is 2.43. The van der Waals surface area contributed by atoms with E-state index in [9.17, 15) is 4.79 Å². The number of thioether (sulfide) groups is 1. The second kappa shape index (κ2) is 2.94. The topological polar surface area (TPSA) is 34.9 Å². The minimum atomic E-state index is 0.200. The predicted octanol–water partition coefficient (Wildman–Crippen LogP) is 1.09. The molecule has 0 saturated heterocycles. The maximum atomic E-state index is 10.8. The second-order valence-corrected chi connectivity index (χ2v) is 4.41. The zero-order chi connectivity index (χ0) is 8.55. The van der Waals surface area contributed by atoms with Crippen molar-refractivity contribution in [3.63, 3.8) is 0 Å². The number of rotatable bonds is 1. The van der Waals surface area contributed by atoms with Crippen LogP contribution in [-0.4, -0.2) is 19.9 Å². The molecule has 2 heterocycles. The maximum absolute atomic E-state index is 10.8. The van der Waals surface area contributed by atoms with Crippen molar-refractivity contribution in [3.05, 3.63) is 18.2 Å². The minimum absolute atomic E-state index is 0.200. The van der Waals surface area contributed by atoms with E-state index >= 15 is 0 Å². The monoisotopic (exact) mass is 182 g/mol. The molecule has 0 fully saturated rings. The molecule has 1 aliphatic heterocycles. The first-order valence-electron chi connectivity index (χ1n) is 3.93. The Morgan fingerprint density at radius 3 is 3.33 bits per heavy atom. The molecule has 4 heteroatoms. The van der Waals surface area contributed by atoms with E-state index in [1.54, 1.807) is 6.92 Å². The SMILES string of the molecule is CC(=O)S[C@H]1Cc2nccn2C1. The number of imidazole rings is 1. The molecule has 1 atom stereocenters. The highest BCUT2D eigenvalue weighted by molar-refractivity contribution is 8.14. The number of aromatic nitrogens is 2. The van der Waals surface area contributed by atoms with Crippen LogP contribution in [0.4, 0.5) is 0 Å². The lowest BCUT2D eigenvalue weighted by molar-refractivity contribution is -0.109. The standard InChI is InChI=1S/C8H10N2OS/c1-6(11)12-7-4-8-9-2-3-10(8)5-7/h2-3,7H,4-5H2,1H3/t7-/m0/s1. The molecule has 1 aromatic rings. The molecule has 0 saturated carbocycles. The first-order valence-corrected chi connectivity index (χ1v) is 4.81. The van der Waals surface area contributed by atoms with Gasteiger partial charge in [-0.15, -0.1) is 0 Å². The van der Waals surface area contributed by atoms with Crippen LogP contribution in [0.3, 0.4) is 0 Å². The van der Waals surface area contributed by atoms with Crippen LogP contribution in [-0.2, 0) is 17.8 Å². The summed E-state index contributed by atoms with van der Waals surface area (Å²) in [4.78, 5) is 15.0. The Morgan fingerprint density at radius 2 is 2.67 bits per heavy atom. The molecule has 1 aliphatic rings. The summed E-state index contributed by atoms with van der Waals surface area (Å²) in [7, 11) is 0. The third-order valence-corrected chi connectivity index (χ3v) is 2.93. The van der Waals surface area contributed by atoms with Gasteiger partial charge in [-0.1, -0.05) is 11.8 Å². The highest BCUT2D eigenvalue weighted by Gasteiger charge is 2.23. The van der Waals surface area contributed by atoms with Crippen molar-refractivity contribution in [2.75, 3.05) is 0 Å². The Hall–Kier alpha value is -0.770. The Balaban J connectivity index is 2.03. The molecule has 0 radical (unpaired) electrons. The summed E-state index contributed by atoms with van der Waals surface area (Å²) < 4.78 is 2.11. The van der Waals surface area contributed by atoms with E-state index in [0.29, 0.717) is 5.25 Å². The van der Waals surface area contributed by atoms with Crippen molar-refractivity contribution in [1.82, 2.24) is 9.55 Å². The van der Waals surface area contributed by atoms with Gasteiger partial charge in [-0.2, -0.15) is 0 Å². The zero-order valence-electron chi connectivity index (χ0n) is 6.86. The quantitative estimate of drug-likeness (QED) is 0.652. The Bertz CT molecular complexity index is 287. The average molecular weight is 182 g/mol. The van der Waals surface area contributed by atoms with Crippen molar-refractivity contribution in [2.24, 2.45) is 0 Å². The highest BCUT2D eigenvalue weighted by Crippen LogP contribution is 2.24. The van der Waals surface area contributed by atoms with Crippen LogP contribution in [0.2, 0.25) is 0 Å². The molecule has 0 aliphatic carbocycles. The van der Waals surface area contributed by atoms with E-state index in [2.05, 4.69) is 9.55 Å². The van der Waals surface area contributed by atoms with Gasteiger partial charge in [0, 0.05) is 37.5 Å². The number of carbonyl (C=O) groups excluding carboxylic acids is 1. The average Bonchev–Trinajstić information content (AvgIpc) is 2.43. The van der Waals surface area contributed by atoms with Gasteiger partial charge in [-0.3, -0.25) is 4.79 Å². The van der Waals surface area contributed by atoms with Gasteiger partial charge < -0.3 is 4.57 Å². The molecule has 3 nitrogen and oxygen atoms in total. The van der Waals surface area contributed by atoms with Crippen molar-refractivity contribution < 1.29 is 4.79 Å². The van der Waals surface area contributed by atoms with E-state index in [0.717, 1.165) is 18.8 Å². The van der Waals surface area contributed by atoms with Crippen molar-refractivity contribution >= 4 is 16.9 Å². The summed E-state index contributed by atoms with van der Waals surface area (Å²) in [5.41, 5.74) is 0. The summed E-state index contributed by atoms with van der Waals surface area (Å²) in [5, 5.41) is 0.608. The molecule has 0 amide bonds. The van der Waals surface area contributed by atoms with Crippen molar-refractivity contribution in [1.29, 1.82) is 0 Å². The molecule has 64 valence electrons. The van der Waals surface area contributed by atoms with E-state index < -0.39 is 0 Å². The van der Waals surface area contributed by atoms with E-state index in [-0.39, 0.29) is 5.12 Å². The molecule has 2 rings (SSSR count). The number of nitrogens with zero attached hydrogens (tertiary/aromatic N) is 2. The minimum Gasteiger partial charge on any atom is -0.334 e. The largest absolute Gasteiger partial charge is 0.334 e. The van der Waals surface area contributed by atoms with Gasteiger partial charge in [0.15, 0.2) is 5.12 Å². The summed E-state index contributed by atoms with van der Waals surface area (Å²) in [6.07, 6.45) is 4.71. The molecule has 1 aromatic heterocycles. The number of hydrogen-bond acceptors (Lipinski definition) is 3. The molecule has 0 bridgehead atoms. The Labute approximate surface area is 75.2 Å². The fourth-order valence-electron chi connectivity index (χ4n) is 1.50. The summed E-state index contributed by atoms with van der Waals surface area (Å²) in [6, 6.07) is 0. The number of fused-ring (bicyclic) bond motifs is 1. The van der Waals surface area contributed by atoms with E-state index in [4.69, 9.17) is 0 Å². The Kier molecular flexibility index (Phi) is 1.92. The first-order chi connectivity index (χ1) is 5.75. The van der Waals surface area contributed by atoms with Crippen molar-refractivity contribution in [2.45, 2.75) is 25.1 Å². The van der Waals surface area contributed by atoms with Gasteiger partial charge in [0.2, 0.25) is 0 Å². The molecule has 0 N–H and O–H groups in total. The van der Waals surface area contributed by atoms with Gasteiger partial charge in [0.05, 0.1) is 0 Å². The lowest BCUT2D eigenvalue weighted by Gasteiger charge is -2.03. The highest BCUT2D eigenvalue weighted by atomic mass is 32.2. The third kappa shape index (κ3) is 1.39. The summed E-state index contributed by atoms with van der Waals surface area (Å²) in [6.45, 7) is 2.55. The van der Waals surface area contributed by atoms with Gasteiger partial charge in [0.25, 0.3) is 0 Å². The second-order valence-electron chi connectivity index (χ2n) is 2.93. The van der Waals surface area contributed by atoms with Crippen LogP contribution in [0.25, 0.3) is 0 Å². The van der Waals surface area contributed by atoms with Gasteiger partial charge in [0.1, 0.15) is 5.82 Å². The van der Waals surface area contributed by atoms with Crippen LogP contribution in [0.5, 0.6) is 0 Å². The van der Waals surface area contributed by atoms with Crippen LogP contribution in [0.15, 0.2) is 12.4 Å². The third-order valence-electron chi connectivity index (χ3n) is 1.94. The molecular weight excluding hydrogens is 172 g/mol.